The van der Waals surface area contributed by atoms with E-state index in [1.165, 1.54) is 24.3 Å². The van der Waals surface area contributed by atoms with Gasteiger partial charge in [0.1, 0.15) is 6.04 Å². The van der Waals surface area contributed by atoms with Crippen molar-refractivity contribution >= 4 is 43.3 Å². The minimum atomic E-state index is -4.14. The quantitative estimate of drug-likeness (QED) is 0.219. The second-order valence-corrected chi connectivity index (χ2v) is 15.9. The molecule has 0 unspecified atom stereocenters. The number of rotatable bonds is 13. The maximum absolute atomic E-state index is 13.6. The number of amides is 2. The van der Waals surface area contributed by atoms with Gasteiger partial charge in [-0.3, -0.25) is 9.59 Å². The van der Waals surface area contributed by atoms with E-state index in [1.807, 2.05) is 26.8 Å². The van der Waals surface area contributed by atoms with Gasteiger partial charge in [0.15, 0.2) is 9.84 Å². The summed E-state index contributed by atoms with van der Waals surface area (Å²) >= 11 is 5.88. The molecule has 0 aliphatic heterocycles. The molecule has 3 aromatic rings. The van der Waals surface area contributed by atoms with Crippen molar-refractivity contribution in [2.45, 2.75) is 62.2 Å². The van der Waals surface area contributed by atoms with Crippen molar-refractivity contribution < 1.29 is 31.5 Å². The van der Waals surface area contributed by atoms with E-state index in [4.69, 9.17) is 11.6 Å². The van der Waals surface area contributed by atoms with Gasteiger partial charge in [-0.25, -0.2) is 21.6 Å². The van der Waals surface area contributed by atoms with Crippen molar-refractivity contribution in [1.29, 1.82) is 0 Å². The van der Waals surface area contributed by atoms with Gasteiger partial charge in [0, 0.05) is 22.5 Å². The van der Waals surface area contributed by atoms with Gasteiger partial charge in [-0.2, -0.15) is 0 Å². The fourth-order valence-electron chi connectivity index (χ4n) is 4.51. The van der Waals surface area contributed by atoms with Gasteiger partial charge < -0.3 is 15.7 Å². The molecule has 0 fully saturated rings. The average molecular weight is 664 g/mol. The summed E-state index contributed by atoms with van der Waals surface area (Å²) in [5.74, 6) is -2.14. The molecule has 44 heavy (non-hydrogen) atoms. The Kier molecular flexibility index (Phi) is 11.7. The van der Waals surface area contributed by atoms with E-state index in [2.05, 4.69) is 15.4 Å². The number of hydrogen-bond acceptors (Lipinski definition) is 7. The van der Waals surface area contributed by atoms with Gasteiger partial charge in [0.25, 0.3) is 5.91 Å². The van der Waals surface area contributed by atoms with Crippen molar-refractivity contribution in [2.75, 3.05) is 12.0 Å². The van der Waals surface area contributed by atoms with Crippen molar-refractivity contribution in [2.24, 2.45) is 0 Å². The molecule has 0 saturated heterocycles. The summed E-state index contributed by atoms with van der Waals surface area (Å²) in [5.41, 5.74) is 1.15. The summed E-state index contributed by atoms with van der Waals surface area (Å²) in [6.07, 6.45) is -0.314. The monoisotopic (exact) mass is 663 g/mol. The van der Waals surface area contributed by atoms with Crippen LogP contribution >= 0.6 is 11.6 Å². The van der Waals surface area contributed by atoms with Crippen molar-refractivity contribution in [3.8, 4) is 0 Å². The third-order valence-corrected chi connectivity index (χ3v) is 9.23. The number of carbonyl (C=O) groups is 2. The van der Waals surface area contributed by atoms with E-state index in [1.54, 1.807) is 48.5 Å². The Balaban J connectivity index is 1.92. The molecule has 0 bridgehead atoms. The number of nitrogens with one attached hydrogen (secondary N) is 3. The van der Waals surface area contributed by atoms with Crippen LogP contribution in [0.25, 0.3) is 0 Å². The predicted molar refractivity (Wildman–Crippen MR) is 171 cm³/mol. The van der Waals surface area contributed by atoms with Crippen LogP contribution in [-0.2, 0) is 37.5 Å². The van der Waals surface area contributed by atoms with E-state index in [-0.39, 0.29) is 23.6 Å². The summed E-state index contributed by atoms with van der Waals surface area (Å²) in [4.78, 5) is 26.4. The first kappa shape index (κ1) is 35.2. The first-order valence-electron chi connectivity index (χ1n) is 13.8. The van der Waals surface area contributed by atoms with Gasteiger partial charge in [0.05, 0.1) is 29.0 Å². The van der Waals surface area contributed by atoms with E-state index >= 15 is 0 Å². The first-order valence-corrected chi connectivity index (χ1v) is 17.7. The normalized spacial score (nSPS) is 14.3. The second kappa shape index (κ2) is 14.7. The molecule has 13 heteroatoms. The van der Waals surface area contributed by atoms with Crippen molar-refractivity contribution in [3.63, 3.8) is 0 Å². The lowest BCUT2D eigenvalue weighted by Gasteiger charge is -2.28. The fourth-order valence-corrected chi connectivity index (χ4v) is 6.86. The molecule has 0 aromatic heterocycles. The highest BCUT2D eigenvalue weighted by atomic mass is 35.5. The number of aliphatic hydroxyl groups excluding tert-OH is 1. The zero-order valence-electron chi connectivity index (χ0n) is 25.0. The molecule has 0 radical (unpaired) electrons. The standard InChI is InChI=1S/C31H38ClN3O7S2/c1-31(2,3)34-29(37)25-13-9-8-12-22(25)19-28(36)26(18-21-10-6-5-7-11-21)33-30(38)27(35-43(4,39)40)20-44(41,42)24-16-14-23(32)15-17-24/h5-17,26-28,35-36H,18-20H2,1-4H3,(H,33,38)(H,34,37)/t26-,27-,28+/m0/s1. The van der Waals surface area contributed by atoms with E-state index in [0.717, 1.165) is 11.8 Å². The molecular weight excluding hydrogens is 626 g/mol. The van der Waals surface area contributed by atoms with Gasteiger partial charge in [0.2, 0.25) is 15.9 Å². The van der Waals surface area contributed by atoms with Crippen LogP contribution in [0.2, 0.25) is 5.02 Å². The smallest absolute Gasteiger partial charge is 0.251 e. The molecule has 0 aliphatic carbocycles. The summed E-state index contributed by atoms with van der Waals surface area (Å²) in [6, 6.07) is 18.4. The SMILES string of the molecule is CC(C)(C)NC(=O)c1ccccc1C[C@@H](O)[C@H](Cc1ccccc1)NC(=O)[C@H](CS(=O)(=O)c1ccc(Cl)cc1)NS(C)(=O)=O. The number of halogens is 1. The molecule has 10 nitrogen and oxygen atoms in total. The van der Waals surface area contributed by atoms with Crippen molar-refractivity contribution in [1.82, 2.24) is 15.4 Å². The molecule has 238 valence electrons. The molecule has 2 amide bonds. The zero-order chi connectivity index (χ0) is 32.7. The van der Waals surface area contributed by atoms with Crippen LogP contribution in [-0.4, -0.2) is 69.5 Å². The molecule has 4 N–H and O–H groups in total. The second-order valence-electron chi connectivity index (χ2n) is 11.6. The molecule has 0 spiro atoms. The fraction of sp³-hybridized carbons (Fsp3) is 0.355. The summed E-state index contributed by atoms with van der Waals surface area (Å²) in [5, 5.41) is 17.3. The van der Waals surface area contributed by atoms with Crippen LogP contribution < -0.4 is 15.4 Å². The van der Waals surface area contributed by atoms with Crippen LogP contribution in [0.1, 0.15) is 42.3 Å². The molecular formula is C31H38ClN3O7S2. The minimum absolute atomic E-state index is 0.0290. The lowest BCUT2D eigenvalue weighted by Crippen LogP contribution is -2.55. The van der Waals surface area contributed by atoms with Crippen LogP contribution in [0.5, 0.6) is 0 Å². The van der Waals surface area contributed by atoms with Crippen LogP contribution in [0.15, 0.2) is 83.8 Å². The molecule has 3 aromatic carbocycles. The number of aliphatic hydroxyl groups is 1. The highest BCUT2D eigenvalue weighted by Gasteiger charge is 2.33. The summed E-state index contributed by atoms with van der Waals surface area (Å²) in [7, 11) is -8.17. The largest absolute Gasteiger partial charge is 0.391 e. The van der Waals surface area contributed by atoms with Crippen molar-refractivity contribution in [3.05, 3.63) is 101 Å². The number of sulfonamides is 1. The van der Waals surface area contributed by atoms with Gasteiger partial charge >= 0.3 is 0 Å². The van der Waals surface area contributed by atoms with Gasteiger partial charge in [-0.05, 0) is 68.7 Å². The van der Waals surface area contributed by atoms with Gasteiger partial charge in [-0.1, -0.05) is 60.1 Å². The summed E-state index contributed by atoms with van der Waals surface area (Å²) < 4.78 is 52.8. The topological polar surface area (TPSA) is 159 Å². The predicted octanol–water partition coefficient (Wildman–Crippen LogP) is 2.89. The highest BCUT2D eigenvalue weighted by molar-refractivity contribution is 7.91. The maximum Gasteiger partial charge on any atom is 0.251 e. The molecule has 3 rings (SSSR count). The highest BCUT2D eigenvalue weighted by Crippen LogP contribution is 2.19. The number of benzene rings is 3. The molecule has 0 aliphatic rings. The Morgan fingerprint density at radius 1 is 0.864 bits per heavy atom. The first-order chi connectivity index (χ1) is 20.4. The Hall–Kier alpha value is -3.29. The number of sulfone groups is 1. The van der Waals surface area contributed by atoms with E-state index in [9.17, 15) is 31.5 Å². The third-order valence-electron chi connectivity index (χ3n) is 6.50. The van der Waals surface area contributed by atoms with Gasteiger partial charge in [-0.15, -0.1) is 0 Å². The minimum Gasteiger partial charge on any atom is -0.391 e. The Bertz CT molecular complexity index is 1660. The lowest BCUT2D eigenvalue weighted by atomic mass is 9.93. The van der Waals surface area contributed by atoms with Crippen LogP contribution in [0.3, 0.4) is 0 Å². The Morgan fingerprint density at radius 2 is 1.45 bits per heavy atom. The number of carbonyl (C=O) groups excluding carboxylic acids is 2. The summed E-state index contributed by atoms with van der Waals surface area (Å²) in [6.45, 7) is 5.55. The Labute approximate surface area is 264 Å². The van der Waals surface area contributed by atoms with Crippen LogP contribution in [0.4, 0.5) is 0 Å². The maximum atomic E-state index is 13.6. The molecule has 0 heterocycles. The lowest BCUT2D eigenvalue weighted by molar-refractivity contribution is -0.123. The van der Waals surface area contributed by atoms with Crippen LogP contribution in [0, 0.1) is 0 Å². The average Bonchev–Trinajstić information content (AvgIpc) is 2.91. The van der Waals surface area contributed by atoms with E-state index in [0.29, 0.717) is 16.1 Å². The molecule has 0 saturated carbocycles. The van der Waals surface area contributed by atoms with E-state index < -0.39 is 55.2 Å². The zero-order valence-corrected chi connectivity index (χ0v) is 27.3. The number of hydrogen-bond donors (Lipinski definition) is 4. The molecule has 3 atom stereocenters. The Morgan fingerprint density at radius 3 is 2.05 bits per heavy atom. The third kappa shape index (κ3) is 11.0.